The molecule has 1 aromatic heterocycles. The fraction of sp³-hybridized carbons (Fsp3) is 0.143. The standard InChI is InChI=1S/C14H15BrN4/c1-9-6-11(15)8-18-14(9)19(2)12-5-3-4-10(7-12)13(16)17/h3-8H,1-2H3,(H3,16,17). The molecule has 0 bridgehead atoms. The number of anilines is 2. The van der Waals surface area contributed by atoms with Gasteiger partial charge in [-0.05, 0) is 46.6 Å². The Morgan fingerprint density at radius 3 is 2.74 bits per heavy atom. The third-order valence-corrected chi connectivity index (χ3v) is 3.31. The number of amidine groups is 1. The smallest absolute Gasteiger partial charge is 0.135 e. The minimum atomic E-state index is 0.0655. The third kappa shape index (κ3) is 2.93. The van der Waals surface area contributed by atoms with E-state index in [4.69, 9.17) is 11.1 Å². The van der Waals surface area contributed by atoms with Crippen molar-refractivity contribution in [3.63, 3.8) is 0 Å². The van der Waals surface area contributed by atoms with E-state index in [1.807, 2.05) is 49.2 Å². The summed E-state index contributed by atoms with van der Waals surface area (Å²) < 4.78 is 0.958. The van der Waals surface area contributed by atoms with Crippen LogP contribution in [-0.4, -0.2) is 17.9 Å². The van der Waals surface area contributed by atoms with Crippen LogP contribution in [0.5, 0.6) is 0 Å². The van der Waals surface area contributed by atoms with Gasteiger partial charge in [0.2, 0.25) is 0 Å². The summed E-state index contributed by atoms with van der Waals surface area (Å²) in [6.45, 7) is 2.01. The molecule has 0 amide bonds. The molecule has 0 aliphatic carbocycles. The van der Waals surface area contributed by atoms with Gasteiger partial charge in [-0.3, -0.25) is 5.41 Å². The fourth-order valence-corrected chi connectivity index (χ4v) is 2.33. The number of nitrogen functional groups attached to an aromatic ring is 1. The van der Waals surface area contributed by atoms with E-state index in [9.17, 15) is 0 Å². The number of nitrogens with one attached hydrogen (secondary N) is 1. The number of nitrogens with zero attached hydrogens (tertiary/aromatic N) is 2. The molecular weight excluding hydrogens is 304 g/mol. The van der Waals surface area contributed by atoms with Crippen molar-refractivity contribution in [1.82, 2.24) is 4.98 Å². The van der Waals surface area contributed by atoms with Crippen LogP contribution in [0.4, 0.5) is 11.5 Å². The van der Waals surface area contributed by atoms with E-state index in [0.29, 0.717) is 5.56 Å². The predicted molar refractivity (Wildman–Crippen MR) is 82.2 cm³/mol. The second-order valence-corrected chi connectivity index (χ2v) is 5.23. The highest BCUT2D eigenvalue weighted by molar-refractivity contribution is 9.10. The average Bonchev–Trinajstić information content (AvgIpc) is 2.38. The molecule has 5 heteroatoms. The quantitative estimate of drug-likeness (QED) is 0.674. The summed E-state index contributed by atoms with van der Waals surface area (Å²) in [6, 6.07) is 9.58. The first-order chi connectivity index (χ1) is 8.99. The van der Waals surface area contributed by atoms with E-state index < -0.39 is 0 Å². The Kier molecular flexibility index (Phi) is 3.85. The zero-order valence-corrected chi connectivity index (χ0v) is 12.4. The normalized spacial score (nSPS) is 10.3. The zero-order chi connectivity index (χ0) is 14.0. The lowest BCUT2D eigenvalue weighted by atomic mass is 10.1. The minimum Gasteiger partial charge on any atom is -0.384 e. The molecule has 98 valence electrons. The highest BCUT2D eigenvalue weighted by Gasteiger charge is 2.10. The molecule has 0 saturated carbocycles. The van der Waals surface area contributed by atoms with Crippen LogP contribution in [0.15, 0.2) is 41.0 Å². The Bertz CT molecular complexity index is 625. The topological polar surface area (TPSA) is 66.0 Å². The van der Waals surface area contributed by atoms with E-state index in [0.717, 1.165) is 21.5 Å². The van der Waals surface area contributed by atoms with Crippen molar-refractivity contribution in [3.05, 3.63) is 52.1 Å². The largest absolute Gasteiger partial charge is 0.384 e. The molecule has 0 radical (unpaired) electrons. The number of pyridine rings is 1. The second-order valence-electron chi connectivity index (χ2n) is 4.32. The van der Waals surface area contributed by atoms with Crippen LogP contribution in [0.3, 0.4) is 0 Å². The Balaban J connectivity index is 2.41. The number of benzene rings is 1. The predicted octanol–water partition coefficient (Wildman–Crippen LogP) is 3.20. The Morgan fingerprint density at radius 1 is 1.37 bits per heavy atom. The maximum Gasteiger partial charge on any atom is 0.135 e. The van der Waals surface area contributed by atoms with E-state index in [1.54, 1.807) is 6.20 Å². The first-order valence-electron chi connectivity index (χ1n) is 5.79. The molecule has 0 atom stereocenters. The summed E-state index contributed by atoms with van der Waals surface area (Å²) in [7, 11) is 1.95. The van der Waals surface area contributed by atoms with Crippen LogP contribution in [-0.2, 0) is 0 Å². The fourth-order valence-electron chi connectivity index (χ4n) is 1.89. The van der Waals surface area contributed by atoms with Gasteiger partial charge in [-0.15, -0.1) is 0 Å². The van der Waals surface area contributed by atoms with Gasteiger partial charge in [0.1, 0.15) is 11.7 Å². The summed E-state index contributed by atoms with van der Waals surface area (Å²) in [4.78, 5) is 6.40. The number of rotatable bonds is 3. The van der Waals surface area contributed by atoms with Crippen LogP contribution < -0.4 is 10.6 Å². The molecule has 0 unspecified atom stereocenters. The van der Waals surface area contributed by atoms with Gasteiger partial charge in [0.15, 0.2) is 0 Å². The molecule has 1 aromatic carbocycles. The third-order valence-electron chi connectivity index (χ3n) is 2.88. The van der Waals surface area contributed by atoms with Crippen LogP contribution >= 0.6 is 15.9 Å². The molecule has 0 saturated heterocycles. The molecule has 2 aromatic rings. The van der Waals surface area contributed by atoms with Gasteiger partial charge in [-0.1, -0.05) is 12.1 Å². The molecule has 4 nitrogen and oxygen atoms in total. The molecular formula is C14H15BrN4. The van der Waals surface area contributed by atoms with E-state index in [-0.39, 0.29) is 5.84 Å². The highest BCUT2D eigenvalue weighted by Crippen LogP contribution is 2.26. The number of aromatic nitrogens is 1. The van der Waals surface area contributed by atoms with Crippen molar-refractivity contribution in [2.45, 2.75) is 6.92 Å². The summed E-state index contributed by atoms with van der Waals surface area (Å²) in [5.74, 6) is 0.944. The van der Waals surface area contributed by atoms with Crippen LogP contribution in [0.25, 0.3) is 0 Å². The zero-order valence-electron chi connectivity index (χ0n) is 10.8. The molecule has 2 rings (SSSR count). The van der Waals surface area contributed by atoms with Crippen LogP contribution in [0.1, 0.15) is 11.1 Å². The van der Waals surface area contributed by atoms with Gasteiger partial charge in [-0.2, -0.15) is 0 Å². The molecule has 0 fully saturated rings. The van der Waals surface area contributed by atoms with Crippen LogP contribution in [0.2, 0.25) is 0 Å². The minimum absolute atomic E-state index is 0.0655. The van der Waals surface area contributed by atoms with Crippen molar-refractivity contribution in [2.75, 3.05) is 11.9 Å². The maximum absolute atomic E-state index is 7.49. The summed E-state index contributed by atoms with van der Waals surface area (Å²) in [6.07, 6.45) is 1.77. The lowest BCUT2D eigenvalue weighted by Gasteiger charge is -2.21. The maximum atomic E-state index is 7.49. The monoisotopic (exact) mass is 318 g/mol. The SMILES string of the molecule is Cc1cc(Br)cnc1N(C)c1cccc(C(=N)N)c1. The first-order valence-corrected chi connectivity index (χ1v) is 6.58. The highest BCUT2D eigenvalue weighted by atomic mass is 79.9. The Morgan fingerprint density at radius 2 is 2.11 bits per heavy atom. The summed E-state index contributed by atoms with van der Waals surface area (Å²) in [5, 5.41) is 7.49. The lowest BCUT2D eigenvalue weighted by molar-refractivity contribution is 1.10. The average molecular weight is 319 g/mol. The summed E-state index contributed by atoms with van der Waals surface area (Å²) in [5.41, 5.74) is 8.25. The first kappa shape index (κ1) is 13.5. The number of halogens is 1. The van der Waals surface area contributed by atoms with Crippen molar-refractivity contribution in [2.24, 2.45) is 5.73 Å². The van der Waals surface area contributed by atoms with Crippen LogP contribution in [0, 0.1) is 12.3 Å². The molecule has 1 heterocycles. The van der Waals surface area contributed by atoms with Crippen molar-refractivity contribution >= 4 is 33.3 Å². The van der Waals surface area contributed by atoms with E-state index in [1.165, 1.54) is 0 Å². The van der Waals surface area contributed by atoms with Gasteiger partial charge in [0.25, 0.3) is 0 Å². The number of nitrogens with two attached hydrogens (primary N) is 1. The molecule has 0 aliphatic rings. The van der Waals surface area contributed by atoms with Gasteiger partial charge < -0.3 is 10.6 Å². The number of hydrogen-bond donors (Lipinski definition) is 2. The van der Waals surface area contributed by atoms with Gasteiger partial charge >= 0.3 is 0 Å². The second kappa shape index (κ2) is 5.40. The van der Waals surface area contributed by atoms with Gasteiger partial charge in [0, 0.05) is 29.0 Å². The Labute approximate surface area is 120 Å². The van der Waals surface area contributed by atoms with Gasteiger partial charge in [0.05, 0.1) is 0 Å². The molecule has 0 spiro atoms. The molecule has 0 aliphatic heterocycles. The van der Waals surface area contributed by atoms with Gasteiger partial charge in [-0.25, -0.2) is 4.98 Å². The lowest BCUT2D eigenvalue weighted by Crippen LogP contribution is -2.15. The van der Waals surface area contributed by atoms with E-state index in [2.05, 4.69) is 20.9 Å². The Hall–Kier alpha value is -1.88. The number of aryl methyl sites for hydroxylation is 1. The van der Waals surface area contributed by atoms with Crippen molar-refractivity contribution in [3.8, 4) is 0 Å². The molecule has 3 N–H and O–H groups in total. The molecule has 19 heavy (non-hydrogen) atoms. The van der Waals surface area contributed by atoms with Crippen molar-refractivity contribution in [1.29, 1.82) is 5.41 Å². The van der Waals surface area contributed by atoms with Crippen molar-refractivity contribution < 1.29 is 0 Å². The summed E-state index contributed by atoms with van der Waals surface area (Å²) >= 11 is 3.41. The number of hydrogen-bond acceptors (Lipinski definition) is 3. The van der Waals surface area contributed by atoms with E-state index >= 15 is 0 Å².